The Bertz CT molecular complexity index is 2120. The van der Waals surface area contributed by atoms with Gasteiger partial charge in [0, 0.05) is 28.9 Å². The lowest BCUT2D eigenvalue weighted by Gasteiger charge is -2.18. The lowest BCUT2D eigenvalue weighted by molar-refractivity contribution is 0.134. The molecule has 0 radical (unpaired) electrons. The second kappa shape index (κ2) is 8.90. The minimum Gasteiger partial charge on any atom is -0.504 e. The van der Waals surface area contributed by atoms with Crippen molar-refractivity contribution in [3.8, 4) is 22.8 Å². The molecule has 212 valence electrons. The van der Waals surface area contributed by atoms with Crippen LogP contribution in [0.1, 0.15) is 42.2 Å². The Morgan fingerprint density at radius 3 is 2.52 bits per heavy atom. The summed E-state index contributed by atoms with van der Waals surface area (Å²) in [7, 11) is 0. The zero-order valence-electron chi connectivity index (χ0n) is 24.0. The Hall–Kier alpha value is -5.19. The number of benzene rings is 2. The average Bonchev–Trinajstić information content (AvgIpc) is 3.58. The molecule has 11 nitrogen and oxygen atoms in total. The monoisotopic (exact) mass is 562 g/mol. The number of hydrogen-bond donors (Lipinski definition) is 2. The van der Waals surface area contributed by atoms with Crippen LogP contribution in [0.4, 0.5) is 5.82 Å². The van der Waals surface area contributed by atoms with E-state index in [1.807, 2.05) is 75.7 Å². The lowest BCUT2D eigenvalue weighted by Crippen LogP contribution is -2.33. The van der Waals surface area contributed by atoms with Gasteiger partial charge in [-0.25, -0.2) is 19.6 Å². The smallest absolute Gasteiger partial charge is 0.281 e. The van der Waals surface area contributed by atoms with Gasteiger partial charge in [0.1, 0.15) is 30.0 Å². The topological polar surface area (TPSA) is 139 Å². The largest absolute Gasteiger partial charge is 0.504 e. The Labute approximate surface area is 240 Å². The summed E-state index contributed by atoms with van der Waals surface area (Å²) in [5, 5.41) is 16.7. The van der Waals surface area contributed by atoms with E-state index in [0.29, 0.717) is 45.6 Å². The van der Waals surface area contributed by atoms with Gasteiger partial charge in [-0.1, -0.05) is 12.1 Å². The normalized spacial score (nSPS) is 14.0. The van der Waals surface area contributed by atoms with Crippen LogP contribution in [0.15, 0.2) is 53.6 Å². The molecule has 2 aromatic carbocycles. The predicted octanol–water partition coefficient (Wildman–Crippen LogP) is 4.29. The molecule has 0 fully saturated rings. The summed E-state index contributed by atoms with van der Waals surface area (Å²) in [6.07, 6.45) is 1.98. The maximum absolute atomic E-state index is 14.1. The van der Waals surface area contributed by atoms with E-state index in [2.05, 4.69) is 9.97 Å². The van der Waals surface area contributed by atoms with Crippen molar-refractivity contribution in [1.82, 2.24) is 34.1 Å². The van der Waals surface area contributed by atoms with Gasteiger partial charge in [0.2, 0.25) is 0 Å². The standard InChI is InChI=1S/C31H30N8O3/c1-16-7-6-8-21-24(16)30(41)39(38-17(2)9-10-18(38)3)23(35-21)14-37-29-25(28(32)33-15-34-29)26(36-37)19-11-12-22(40)27-20(19)13-31(4,5)42-27/h6-12,15,40H,13-14H2,1-5H3,(H2,32,33,34). The molecule has 6 aromatic rings. The Morgan fingerprint density at radius 2 is 1.76 bits per heavy atom. The van der Waals surface area contributed by atoms with E-state index in [9.17, 15) is 9.90 Å². The minimum absolute atomic E-state index is 0.0735. The van der Waals surface area contributed by atoms with Gasteiger partial charge in [0.15, 0.2) is 23.0 Å². The van der Waals surface area contributed by atoms with Crippen LogP contribution in [-0.2, 0) is 13.0 Å². The second-order valence-electron chi connectivity index (χ2n) is 11.5. The summed E-state index contributed by atoms with van der Waals surface area (Å²) in [6, 6.07) is 13.0. The van der Waals surface area contributed by atoms with Crippen LogP contribution < -0.4 is 16.0 Å². The fourth-order valence-corrected chi connectivity index (χ4v) is 6.05. The summed E-state index contributed by atoms with van der Waals surface area (Å²) in [6.45, 7) is 9.90. The van der Waals surface area contributed by atoms with Crippen LogP contribution >= 0.6 is 0 Å². The summed E-state index contributed by atoms with van der Waals surface area (Å²) in [5.74, 6) is 1.27. The average molecular weight is 563 g/mol. The Balaban J connectivity index is 1.48. The van der Waals surface area contributed by atoms with Gasteiger partial charge >= 0.3 is 0 Å². The molecule has 0 saturated carbocycles. The number of rotatable bonds is 4. The zero-order valence-corrected chi connectivity index (χ0v) is 24.0. The minimum atomic E-state index is -0.494. The van der Waals surface area contributed by atoms with Crippen molar-refractivity contribution < 1.29 is 9.84 Å². The second-order valence-corrected chi connectivity index (χ2v) is 11.5. The molecule has 1 aliphatic rings. The molecule has 11 heteroatoms. The van der Waals surface area contributed by atoms with Crippen molar-refractivity contribution in [2.24, 2.45) is 0 Å². The summed E-state index contributed by atoms with van der Waals surface area (Å²) in [4.78, 5) is 27.9. The number of phenols is 1. The number of ether oxygens (including phenoxy) is 1. The number of hydrogen-bond acceptors (Lipinski definition) is 8. The van der Waals surface area contributed by atoms with Crippen molar-refractivity contribution in [3.05, 3.63) is 87.5 Å². The highest BCUT2D eigenvalue weighted by Crippen LogP contribution is 2.47. The third-order valence-electron chi connectivity index (χ3n) is 7.91. The van der Waals surface area contributed by atoms with Crippen LogP contribution in [0.25, 0.3) is 33.2 Å². The first-order valence-electron chi connectivity index (χ1n) is 13.7. The van der Waals surface area contributed by atoms with Crippen molar-refractivity contribution in [3.63, 3.8) is 0 Å². The number of nitrogen functional groups attached to an aromatic ring is 1. The molecule has 0 bridgehead atoms. The van der Waals surface area contributed by atoms with E-state index in [1.54, 1.807) is 15.4 Å². The number of nitrogens with two attached hydrogens (primary N) is 1. The molecule has 7 rings (SSSR count). The molecule has 0 atom stereocenters. The van der Waals surface area contributed by atoms with Gasteiger partial charge in [-0.2, -0.15) is 9.77 Å². The maximum Gasteiger partial charge on any atom is 0.281 e. The van der Waals surface area contributed by atoms with E-state index < -0.39 is 5.60 Å². The fraction of sp³-hybridized carbons (Fsp3) is 0.258. The Morgan fingerprint density at radius 1 is 1.00 bits per heavy atom. The van der Waals surface area contributed by atoms with Crippen molar-refractivity contribution in [2.45, 2.75) is 53.2 Å². The van der Waals surface area contributed by atoms with Crippen LogP contribution in [0.3, 0.4) is 0 Å². The molecule has 5 heterocycles. The van der Waals surface area contributed by atoms with E-state index in [1.165, 1.54) is 6.33 Å². The summed E-state index contributed by atoms with van der Waals surface area (Å²) < 4.78 is 11.3. The molecule has 42 heavy (non-hydrogen) atoms. The summed E-state index contributed by atoms with van der Waals surface area (Å²) in [5.41, 5.74) is 11.7. The highest BCUT2D eigenvalue weighted by molar-refractivity contribution is 5.99. The van der Waals surface area contributed by atoms with Gasteiger partial charge in [0.25, 0.3) is 5.56 Å². The van der Waals surface area contributed by atoms with Crippen LogP contribution in [0.5, 0.6) is 11.5 Å². The van der Waals surface area contributed by atoms with E-state index in [-0.39, 0.29) is 23.7 Å². The lowest BCUT2D eigenvalue weighted by atomic mass is 9.95. The molecule has 0 aliphatic carbocycles. The highest BCUT2D eigenvalue weighted by atomic mass is 16.5. The SMILES string of the molecule is Cc1cccc2nc(Cn3nc(-c4ccc(O)c5c4CC(C)(C)O5)c4c(N)ncnc43)n(-n3c(C)ccc3C)c(=O)c12. The van der Waals surface area contributed by atoms with Crippen molar-refractivity contribution >= 4 is 27.8 Å². The molecule has 3 N–H and O–H groups in total. The predicted molar refractivity (Wildman–Crippen MR) is 160 cm³/mol. The molecular weight excluding hydrogens is 532 g/mol. The fourth-order valence-electron chi connectivity index (χ4n) is 6.05. The van der Waals surface area contributed by atoms with Crippen LogP contribution in [-0.4, -0.2) is 44.8 Å². The van der Waals surface area contributed by atoms with E-state index >= 15 is 0 Å². The van der Waals surface area contributed by atoms with Crippen LogP contribution in [0.2, 0.25) is 0 Å². The molecule has 1 aliphatic heterocycles. The summed E-state index contributed by atoms with van der Waals surface area (Å²) >= 11 is 0. The number of aryl methyl sites for hydroxylation is 3. The molecule has 4 aromatic heterocycles. The number of aromatic hydroxyl groups is 1. The maximum atomic E-state index is 14.1. The first-order chi connectivity index (χ1) is 20.0. The van der Waals surface area contributed by atoms with Gasteiger partial charge < -0.3 is 15.6 Å². The third kappa shape index (κ3) is 3.76. The first-order valence-corrected chi connectivity index (χ1v) is 13.7. The zero-order chi connectivity index (χ0) is 29.5. The number of aromatic nitrogens is 7. The Kier molecular flexibility index (Phi) is 5.46. The molecular formula is C31H30N8O3. The van der Waals surface area contributed by atoms with E-state index in [0.717, 1.165) is 28.1 Å². The van der Waals surface area contributed by atoms with Gasteiger partial charge in [-0.15, -0.1) is 0 Å². The molecule has 0 spiro atoms. The van der Waals surface area contributed by atoms with Gasteiger partial charge in [-0.3, -0.25) is 9.47 Å². The number of fused-ring (bicyclic) bond motifs is 3. The van der Waals surface area contributed by atoms with Crippen LogP contribution in [0, 0.1) is 20.8 Å². The van der Waals surface area contributed by atoms with Crippen molar-refractivity contribution in [2.75, 3.05) is 5.73 Å². The van der Waals surface area contributed by atoms with Crippen molar-refractivity contribution in [1.29, 1.82) is 0 Å². The van der Waals surface area contributed by atoms with E-state index in [4.69, 9.17) is 20.6 Å². The number of nitrogens with zero attached hydrogens (tertiary/aromatic N) is 7. The first kappa shape index (κ1) is 25.8. The molecule has 0 saturated heterocycles. The number of anilines is 1. The highest BCUT2D eigenvalue weighted by Gasteiger charge is 2.35. The van der Waals surface area contributed by atoms with Gasteiger partial charge in [0.05, 0.1) is 16.3 Å². The third-order valence-corrected chi connectivity index (χ3v) is 7.91. The molecule has 0 unspecified atom stereocenters. The quantitative estimate of drug-likeness (QED) is 0.324. The molecule has 0 amide bonds. The van der Waals surface area contributed by atoms with Gasteiger partial charge in [-0.05, 0) is 70.5 Å². The number of phenolic OH excluding ortho intramolecular Hbond substituents is 1.